The second-order valence-electron chi connectivity index (χ2n) is 4.15. The smallest absolute Gasteiger partial charge is 0.387 e. The van der Waals surface area contributed by atoms with Gasteiger partial charge in [-0.15, -0.1) is 0 Å². The molecule has 0 aliphatic heterocycles. The highest BCUT2D eigenvalue weighted by molar-refractivity contribution is 5.50. The topological polar surface area (TPSA) is 64.4 Å². The first-order chi connectivity index (χ1) is 10.1. The lowest BCUT2D eigenvalue weighted by Gasteiger charge is -2.09. The molecule has 2 rings (SSSR count). The molecule has 2 aromatic carbocycles. The molecule has 0 aliphatic carbocycles. The number of hydrogen-bond donors (Lipinski definition) is 1. The maximum absolute atomic E-state index is 12.1. The zero-order chi connectivity index (χ0) is 15.2. The van der Waals surface area contributed by atoms with Crippen molar-refractivity contribution in [3.8, 4) is 5.75 Å². The minimum atomic E-state index is -2.89. The van der Waals surface area contributed by atoms with E-state index in [4.69, 9.17) is 0 Å². The van der Waals surface area contributed by atoms with E-state index in [0.717, 1.165) is 0 Å². The number of nitro groups is 1. The molecule has 110 valence electrons. The Kier molecular flexibility index (Phi) is 4.65. The van der Waals surface area contributed by atoms with Crippen LogP contribution in [-0.2, 0) is 6.54 Å². The molecule has 1 N–H and O–H groups in total. The number of nitro benzene ring substituents is 1. The van der Waals surface area contributed by atoms with Gasteiger partial charge in [-0.3, -0.25) is 10.1 Å². The summed E-state index contributed by atoms with van der Waals surface area (Å²) in [6, 6.07) is 12.3. The SMILES string of the molecule is O=[N+]([O-])c1ccccc1CNc1cccc(OC(F)F)c1. The van der Waals surface area contributed by atoms with E-state index in [0.29, 0.717) is 11.3 Å². The standard InChI is InChI=1S/C14H12F2N2O3/c15-14(16)21-12-6-3-5-11(8-12)17-9-10-4-1-2-7-13(10)18(19)20/h1-8,14,17H,9H2. The summed E-state index contributed by atoms with van der Waals surface area (Å²) in [5.74, 6) is 0.0255. The molecule has 0 amide bonds. The monoisotopic (exact) mass is 294 g/mol. The largest absolute Gasteiger partial charge is 0.435 e. The quantitative estimate of drug-likeness (QED) is 0.650. The summed E-state index contributed by atoms with van der Waals surface area (Å²) in [5, 5.41) is 13.8. The van der Waals surface area contributed by atoms with Crippen LogP contribution in [0.2, 0.25) is 0 Å². The summed E-state index contributed by atoms with van der Waals surface area (Å²) in [4.78, 5) is 10.4. The number of alkyl halides is 2. The first-order valence-corrected chi connectivity index (χ1v) is 6.07. The van der Waals surface area contributed by atoms with Crippen LogP contribution in [0.3, 0.4) is 0 Å². The number of ether oxygens (including phenoxy) is 1. The molecular weight excluding hydrogens is 282 g/mol. The van der Waals surface area contributed by atoms with Crippen molar-refractivity contribution in [1.29, 1.82) is 0 Å². The summed E-state index contributed by atoms with van der Waals surface area (Å²) in [5.41, 5.74) is 1.04. The highest BCUT2D eigenvalue weighted by Crippen LogP contribution is 2.22. The normalized spacial score (nSPS) is 10.4. The molecule has 0 heterocycles. The van der Waals surface area contributed by atoms with Crippen LogP contribution in [0.4, 0.5) is 20.2 Å². The summed E-state index contributed by atoms with van der Waals surface area (Å²) >= 11 is 0. The Morgan fingerprint density at radius 3 is 2.67 bits per heavy atom. The summed E-state index contributed by atoms with van der Waals surface area (Å²) in [6.07, 6.45) is 0. The number of nitrogens with one attached hydrogen (secondary N) is 1. The number of para-hydroxylation sites is 1. The molecular formula is C14H12F2N2O3. The molecule has 0 saturated carbocycles. The van der Waals surface area contributed by atoms with Gasteiger partial charge in [0.15, 0.2) is 0 Å². The third kappa shape index (κ3) is 4.13. The predicted molar refractivity (Wildman–Crippen MR) is 73.5 cm³/mol. The van der Waals surface area contributed by atoms with E-state index in [1.54, 1.807) is 30.3 Å². The van der Waals surface area contributed by atoms with Crippen LogP contribution in [0, 0.1) is 10.1 Å². The Balaban J connectivity index is 2.08. The Hall–Kier alpha value is -2.70. The number of rotatable bonds is 6. The van der Waals surface area contributed by atoms with Gasteiger partial charge in [0.05, 0.1) is 4.92 Å². The number of anilines is 1. The fourth-order valence-corrected chi connectivity index (χ4v) is 1.82. The Morgan fingerprint density at radius 1 is 1.19 bits per heavy atom. The van der Waals surface area contributed by atoms with Gasteiger partial charge < -0.3 is 10.1 Å². The van der Waals surface area contributed by atoms with Crippen molar-refractivity contribution in [1.82, 2.24) is 0 Å². The summed E-state index contributed by atoms with van der Waals surface area (Å²) in [6.45, 7) is -2.69. The van der Waals surface area contributed by atoms with E-state index >= 15 is 0 Å². The van der Waals surface area contributed by atoms with Crippen LogP contribution in [-0.4, -0.2) is 11.5 Å². The third-order valence-electron chi connectivity index (χ3n) is 2.73. The predicted octanol–water partition coefficient (Wildman–Crippen LogP) is 3.81. The van der Waals surface area contributed by atoms with Gasteiger partial charge in [-0.1, -0.05) is 24.3 Å². The average molecular weight is 294 g/mol. The summed E-state index contributed by atoms with van der Waals surface area (Å²) < 4.78 is 28.5. The molecule has 0 atom stereocenters. The fraction of sp³-hybridized carbons (Fsp3) is 0.143. The van der Waals surface area contributed by atoms with Crippen molar-refractivity contribution >= 4 is 11.4 Å². The third-order valence-corrected chi connectivity index (χ3v) is 2.73. The van der Waals surface area contributed by atoms with Crippen molar-refractivity contribution in [3.63, 3.8) is 0 Å². The van der Waals surface area contributed by atoms with E-state index < -0.39 is 11.5 Å². The number of nitrogens with zero attached hydrogens (tertiary/aromatic N) is 1. The van der Waals surface area contributed by atoms with Crippen molar-refractivity contribution in [3.05, 3.63) is 64.2 Å². The zero-order valence-electron chi connectivity index (χ0n) is 10.8. The second-order valence-corrected chi connectivity index (χ2v) is 4.15. The van der Waals surface area contributed by atoms with Crippen molar-refractivity contribution in [2.24, 2.45) is 0 Å². The van der Waals surface area contributed by atoms with E-state index in [1.165, 1.54) is 18.2 Å². The van der Waals surface area contributed by atoms with E-state index in [-0.39, 0.29) is 18.0 Å². The molecule has 0 aromatic heterocycles. The second kappa shape index (κ2) is 6.65. The van der Waals surface area contributed by atoms with Gasteiger partial charge in [-0.05, 0) is 12.1 Å². The molecule has 5 nitrogen and oxygen atoms in total. The maximum Gasteiger partial charge on any atom is 0.387 e. The lowest BCUT2D eigenvalue weighted by molar-refractivity contribution is -0.385. The van der Waals surface area contributed by atoms with E-state index in [9.17, 15) is 18.9 Å². The van der Waals surface area contributed by atoms with Crippen LogP contribution in [0.25, 0.3) is 0 Å². The molecule has 0 bridgehead atoms. The molecule has 21 heavy (non-hydrogen) atoms. The Morgan fingerprint density at radius 2 is 1.95 bits per heavy atom. The molecule has 0 unspecified atom stereocenters. The molecule has 0 radical (unpaired) electrons. The fourth-order valence-electron chi connectivity index (χ4n) is 1.82. The highest BCUT2D eigenvalue weighted by Gasteiger charge is 2.12. The van der Waals surface area contributed by atoms with Gasteiger partial charge in [-0.2, -0.15) is 8.78 Å². The summed E-state index contributed by atoms with van der Waals surface area (Å²) in [7, 11) is 0. The maximum atomic E-state index is 12.1. The molecule has 0 spiro atoms. The molecule has 0 aliphatic rings. The minimum absolute atomic E-state index is 0.00462. The number of halogens is 2. The first kappa shape index (κ1) is 14.7. The van der Waals surface area contributed by atoms with Gasteiger partial charge >= 0.3 is 6.61 Å². The van der Waals surface area contributed by atoms with E-state index in [2.05, 4.69) is 10.1 Å². The van der Waals surface area contributed by atoms with Crippen LogP contribution in [0.5, 0.6) is 5.75 Å². The van der Waals surface area contributed by atoms with Crippen molar-refractivity contribution in [2.75, 3.05) is 5.32 Å². The van der Waals surface area contributed by atoms with Crippen molar-refractivity contribution in [2.45, 2.75) is 13.2 Å². The first-order valence-electron chi connectivity index (χ1n) is 6.07. The van der Waals surface area contributed by atoms with Gasteiger partial charge in [0.1, 0.15) is 5.75 Å². The van der Waals surface area contributed by atoms with Crippen LogP contribution in [0.1, 0.15) is 5.56 Å². The van der Waals surface area contributed by atoms with Gasteiger partial charge in [0.2, 0.25) is 0 Å². The molecule has 0 saturated heterocycles. The highest BCUT2D eigenvalue weighted by atomic mass is 19.3. The van der Waals surface area contributed by atoms with Crippen LogP contribution in [0.15, 0.2) is 48.5 Å². The van der Waals surface area contributed by atoms with Crippen LogP contribution < -0.4 is 10.1 Å². The number of hydrogen-bond acceptors (Lipinski definition) is 4. The Bertz CT molecular complexity index is 635. The van der Waals surface area contributed by atoms with Crippen molar-refractivity contribution < 1.29 is 18.4 Å². The molecule has 7 heteroatoms. The van der Waals surface area contributed by atoms with E-state index in [1.807, 2.05) is 0 Å². The van der Waals surface area contributed by atoms with Gasteiger partial charge in [0, 0.05) is 29.9 Å². The minimum Gasteiger partial charge on any atom is -0.435 e. The Labute approximate surface area is 119 Å². The average Bonchev–Trinajstić information content (AvgIpc) is 2.45. The zero-order valence-corrected chi connectivity index (χ0v) is 10.8. The lowest BCUT2D eigenvalue weighted by atomic mass is 10.2. The molecule has 2 aromatic rings. The molecule has 0 fully saturated rings. The van der Waals surface area contributed by atoms with Gasteiger partial charge in [-0.25, -0.2) is 0 Å². The lowest BCUT2D eigenvalue weighted by Crippen LogP contribution is -2.04. The number of benzene rings is 2. The van der Waals surface area contributed by atoms with Gasteiger partial charge in [0.25, 0.3) is 5.69 Å². The van der Waals surface area contributed by atoms with Crippen LogP contribution >= 0.6 is 0 Å².